The van der Waals surface area contributed by atoms with Gasteiger partial charge in [0.25, 0.3) is 5.91 Å². The van der Waals surface area contributed by atoms with Gasteiger partial charge in [-0.25, -0.2) is 0 Å². The Morgan fingerprint density at radius 2 is 1.41 bits per heavy atom. The molecular formula is C20H25NO6. The lowest BCUT2D eigenvalue weighted by atomic mass is 10.1. The molecule has 1 amide bonds. The van der Waals surface area contributed by atoms with E-state index in [1.807, 2.05) is 31.2 Å². The minimum atomic E-state index is -0.289. The molecule has 1 N–H and O–H groups in total. The second-order valence-corrected chi connectivity index (χ2v) is 5.42. The Balaban J connectivity index is 1.91. The molecule has 0 atom stereocenters. The molecule has 27 heavy (non-hydrogen) atoms. The molecule has 7 heteroatoms. The maximum atomic E-state index is 12.5. The van der Waals surface area contributed by atoms with Gasteiger partial charge in [0.15, 0.2) is 11.5 Å². The van der Waals surface area contributed by atoms with Gasteiger partial charge in [0, 0.05) is 12.1 Å². The van der Waals surface area contributed by atoms with Crippen molar-refractivity contribution in [2.75, 3.05) is 41.1 Å². The third-order valence-electron chi connectivity index (χ3n) is 3.74. The first-order valence-electron chi connectivity index (χ1n) is 8.56. The fourth-order valence-corrected chi connectivity index (χ4v) is 2.43. The lowest BCUT2D eigenvalue weighted by Gasteiger charge is -2.14. The first kappa shape index (κ1) is 20.2. The lowest BCUT2D eigenvalue weighted by Crippen LogP contribution is -2.28. The average Bonchev–Trinajstić information content (AvgIpc) is 2.71. The smallest absolute Gasteiger partial charge is 0.255 e. The minimum Gasteiger partial charge on any atom is -0.496 e. The number of hydrogen-bond donors (Lipinski definition) is 1. The molecule has 146 valence electrons. The third kappa shape index (κ3) is 5.44. The highest BCUT2D eigenvalue weighted by Gasteiger charge is 2.17. The summed E-state index contributed by atoms with van der Waals surface area (Å²) in [5, 5.41) is 2.80. The van der Waals surface area contributed by atoms with Crippen LogP contribution in [0.15, 0.2) is 36.4 Å². The van der Waals surface area contributed by atoms with E-state index in [0.717, 1.165) is 5.75 Å². The van der Waals surface area contributed by atoms with Crippen molar-refractivity contribution in [2.24, 2.45) is 0 Å². The van der Waals surface area contributed by atoms with Crippen molar-refractivity contribution in [3.05, 3.63) is 42.0 Å². The molecule has 0 aliphatic heterocycles. The molecule has 2 rings (SSSR count). The maximum Gasteiger partial charge on any atom is 0.255 e. The Labute approximate surface area is 159 Å². The van der Waals surface area contributed by atoms with Gasteiger partial charge in [-0.2, -0.15) is 0 Å². The second kappa shape index (κ2) is 10.2. The van der Waals surface area contributed by atoms with Crippen LogP contribution in [-0.2, 0) is 0 Å². The van der Waals surface area contributed by atoms with Gasteiger partial charge in [0.1, 0.15) is 23.9 Å². The van der Waals surface area contributed by atoms with Crippen molar-refractivity contribution < 1.29 is 28.5 Å². The van der Waals surface area contributed by atoms with Crippen molar-refractivity contribution in [3.63, 3.8) is 0 Å². The predicted octanol–water partition coefficient (Wildman–Crippen LogP) is 2.92. The molecule has 0 fully saturated rings. The van der Waals surface area contributed by atoms with Crippen LogP contribution in [0.5, 0.6) is 28.7 Å². The molecule has 0 bridgehead atoms. The monoisotopic (exact) mass is 375 g/mol. The zero-order valence-electron chi connectivity index (χ0n) is 16.0. The molecule has 2 aromatic carbocycles. The molecule has 0 aromatic heterocycles. The van der Waals surface area contributed by atoms with E-state index in [-0.39, 0.29) is 5.91 Å². The zero-order chi connectivity index (χ0) is 19.6. The predicted molar refractivity (Wildman–Crippen MR) is 102 cm³/mol. The van der Waals surface area contributed by atoms with E-state index < -0.39 is 0 Å². The first-order valence-corrected chi connectivity index (χ1v) is 8.56. The lowest BCUT2D eigenvalue weighted by molar-refractivity contribution is 0.0943. The molecule has 0 unspecified atom stereocenters. The van der Waals surface area contributed by atoms with Gasteiger partial charge in [-0.05, 0) is 31.2 Å². The van der Waals surface area contributed by atoms with Gasteiger partial charge >= 0.3 is 0 Å². The van der Waals surface area contributed by atoms with Crippen LogP contribution in [0.1, 0.15) is 17.3 Å². The average molecular weight is 375 g/mol. The zero-order valence-corrected chi connectivity index (χ0v) is 16.0. The quantitative estimate of drug-likeness (QED) is 0.644. The highest BCUT2D eigenvalue weighted by molar-refractivity contribution is 5.97. The van der Waals surface area contributed by atoms with Gasteiger partial charge in [0.05, 0.1) is 40.0 Å². The van der Waals surface area contributed by atoms with Gasteiger partial charge in [-0.3, -0.25) is 4.79 Å². The minimum absolute atomic E-state index is 0.289. The van der Waals surface area contributed by atoms with Gasteiger partial charge < -0.3 is 29.0 Å². The second-order valence-electron chi connectivity index (χ2n) is 5.42. The molecule has 0 aliphatic carbocycles. The molecule has 2 aromatic rings. The molecule has 0 aliphatic rings. The molecule has 0 saturated carbocycles. The van der Waals surface area contributed by atoms with Crippen LogP contribution < -0.4 is 29.0 Å². The van der Waals surface area contributed by atoms with E-state index in [2.05, 4.69) is 5.32 Å². The van der Waals surface area contributed by atoms with Crippen LogP contribution in [-0.4, -0.2) is 47.0 Å². The molecule has 0 radical (unpaired) electrons. The SMILES string of the molecule is CCOc1ccc(OCCNC(=O)c2cc(OC)c(OC)cc2OC)cc1. The van der Waals surface area contributed by atoms with Crippen LogP contribution in [0.2, 0.25) is 0 Å². The Kier molecular flexibility index (Phi) is 7.61. The van der Waals surface area contributed by atoms with Crippen molar-refractivity contribution in [1.82, 2.24) is 5.32 Å². The highest BCUT2D eigenvalue weighted by atomic mass is 16.5. The van der Waals surface area contributed by atoms with Crippen molar-refractivity contribution in [3.8, 4) is 28.7 Å². The number of nitrogens with one attached hydrogen (secondary N) is 1. The number of carbonyl (C=O) groups excluding carboxylic acids is 1. The summed E-state index contributed by atoms with van der Waals surface area (Å²) in [6.07, 6.45) is 0. The van der Waals surface area contributed by atoms with E-state index in [1.165, 1.54) is 21.3 Å². The summed E-state index contributed by atoms with van der Waals surface area (Å²) in [6.45, 7) is 3.21. The molecular weight excluding hydrogens is 350 g/mol. The molecule has 7 nitrogen and oxygen atoms in total. The Hall–Kier alpha value is -3.09. The molecule has 0 spiro atoms. The van der Waals surface area contributed by atoms with E-state index >= 15 is 0 Å². The normalized spacial score (nSPS) is 10.1. The Morgan fingerprint density at radius 3 is 1.96 bits per heavy atom. The standard InChI is InChI=1S/C20H25NO6/c1-5-26-14-6-8-15(9-7-14)27-11-10-21-20(22)16-12-18(24-3)19(25-4)13-17(16)23-2/h6-9,12-13H,5,10-11H2,1-4H3,(H,21,22). The Morgan fingerprint density at radius 1 is 0.852 bits per heavy atom. The summed E-state index contributed by atoms with van der Waals surface area (Å²) in [5.74, 6) is 2.55. The summed E-state index contributed by atoms with van der Waals surface area (Å²) in [5.41, 5.74) is 0.358. The van der Waals surface area contributed by atoms with Crippen molar-refractivity contribution in [2.45, 2.75) is 6.92 Å². The summed E-state index contributed by atoms with van der Waals surface area (Å²) in [4.78, 5) is 12.5. The topological polar surface area (TPSA) is 75.3 Å². The van der Waals surface area contributed by atoms with E-state index in [4.69, 9.17) is 23.7 Å². The van der Waals surface area contributed by atoms with E-state index in [9.17, 15) is 4.79 Å². The van der Waals surface area contributed by atoms with Gasteiger partial charge in [-0.15, -0.1) is 0 Å². The number of methoxy groups -OCH3 is 3. The van der Waals surface area contributed by atoms with E-state index in [1.54, 1.807) is 12.1 Å². The molecule has 0 saturated heterocycles. The van der Waals surface area contributed by atoms with Crippen molar-refractivity contribution in [1.29, 1.82) is 0 Å². The fourth-order valence-electron chi connectivity index (χ4n) is 2.43. The summed E-state index contributed by atoms with van der Waals surface area (Å²) in [6, 6.07) is 10.5. The van der Waals surface area contributed by atoms with Gasteiger partial charge in [0.2, 0.25) is 0 Å². The third-order valence-corrected chi connectivity index (χ3v) is 3.74. The Bertz CT molecular complexity index is 745. The number of carbonyl (C=O) groups is 1. The van der Waals surface area contributed by atoms with Crippen LogP contribution in [0, 0.1) is 0 Å². The van der Waals surface area contributed by atoms with Gasteiger partial charge in [-0.1, -0.05) is 0 Å². The van der Waals surface area contributed by atoms with Crippen molar-refractivity contribution >= 4 is 5.91 Å². The fraction of sp³-hybridized carbons (Fsp3) is 0.350. The highest BCUT2D eigenvalue weighted by Crippen LogP contribution is 2.34. The summed E-state index contributed by atoms with van der Waals surface area (Å²) < 4.78 is 26.7. The number of amides is 1. The maximum absolute atomic E-state index is 12.5. The van der Waals surface area contributed by atoms with E-state index in [0.29, 0.717) is 48.3 Å². The van der Waals surface area contributed by atoms with Crippen LogP contribution >= 0.6 is 0 Å². The summed E-state index contributed by atoms with van der Waals surface area (Å²) in [7, 11) is 4.53. The largest absolute Gasteiger partial charge is 0.496 e. The van der Waals surface area contributed by atoms with Crippen LogP contribution in [0.25, 0.3) is 0 Å². The molecule has 0 heterocycles. The number of hydrogen-bond acceptors (Lipinski definition) is 6. The number of ether oxygens (including phenoxy) is 5. The number of benzene rings is 2. The number of rotatable bonds is 10. The van der Waals surface area contributed by atoms with Crippen LogP contribution in [0.3, 0.4) is 0 Å². The van der Waals surface area contributed by atoms with Crippen LogP contribution in [0.4, 0.5) is 0 Å². The first-order chi connectivity index (χ1) is 13.1. The summed E-state index contributed by atoms with van der Waals surface area (Å²) >= 11 is 0.